The van der Waals surface area contributed by atoms with E-state index >= 15 is 4.11 Å². The lowest BCUT2D eigenvalue weighted by Crippen LogP contribution is -2.40. The van der Waals surface area contributed by atoms with Gasteiger partial charge in [-0.3, -0.25) is 14.5 Å². The zero-order chi connectivity index (χ0) is 30.6. The quantitative estimate of drug-likeness (QED) is 0.199. The number of anilines is 2. The van der Waals surface area contributed by atoms with Crippen LogP contribution in [0.15, 0.2) is 78.9 Å². The molecule has 3 aromatic rings. The SMILES string of the molecule is C[C@H]1[C@H]([Si](C)(C)F)[C@@H](CC(=O)N(CCO)Cc2ccccc2)O[C@H]1CCc1ccc(N2C(=O)CCc3ccccc32)cc1. The number of aliphatic hydroxyl groups is 1. The van der Waals surface area contributed by atoms with Gasteiger partial charge in [0.05, 0.1) is 30.9 Å². The lowest BCUT2D eigenvalue weighted by atomic mass is 9.94. The second kappa shape index (κ2) is 13.5. The minimum atomic E-state index is -3.14. The van der Waals surface area contributed by atoms with Crippen LogP contribution in [-0.2, 0) is 33.7 Å². The van der Waals surface area contributed by atoms with Crippen molar-refractivity contribution in [3.8, 4) is 0 Å². The van der Waals surface area contributed by atoms with Gasteiger partial charge < -0.3 is 18.9 Å². The van der Waals surface area contributed by atoms with Crippen molar-refractivity contribution in [1.82, 2.24) is 4.90 Å². The first-order valence-electron chi connectivity index (χ1n) is 15.4. The third-order valence-electron chi connectivity index (χ3n) is 9.01. The fourth-order valence-electron chi connectivity index (χ4n) is 6.93. The van der Waals surface area contributed by atoms with Crippen LogP contribution in [0.25, 0.3) is 0 Å². The number of benzene rings is 3. The van der Waals surface area contributed by atoms with Crippen molar-refractivity contribution in [2.45, 2.75) is 76.4 Å². The summed E-state index contributed by atoms with van der Waals surface area (Å²) in [6, 6.07) is 25.9. The van der Waals surface area contributed by atoms with Gasteiger partial charge in [0.1, 0.15) is 0 Å². The molecule has 43 heavy (non-hydrogen) atoms. The highest BCUT2D eigenvalue weighted by Gasteiger charge is 2.51. The molecule has 2 amide bonds. The molecule has 0 aliphatic carbocycles. The van der Waals surface area contributed by atoms with Crippen LogP contribution < -0.4 is 4.90 Å². The molecular formula is C35H43FN2O4Si. The molecule has 3 aromatic carbocycles. The van der Waals surface area contributed by atoms with Crippen molar-refractivity contribution in [1.29, 1.82) is 0 Å². The summed E-state index contributed by atoms with van der Waals surface area (Å²) in [4.78, 5) is 29.7. The molecule has 5 rings (SSSR count). The number of carbonyl (C=O) groups is 2. The van der Waals surface area contributed by atoms with E-state index in [1.165, 1.54) is 5.56 Å². The summed E-state index contributed by atoms with van der Waals surface area (Å²) in [5.41, 5.74) is 4.81. The van der Waals surface area contributed by atoms with Gasteiger partial charge in [-0.25, -0.2) is 0 Å². The maximum atomic E-state index is 15.7. The van der Waals surface area contributed by atoms with Crippen molar-refractivity contribution >= 4 is 31.6 Å². The molecule has 0 aromatic heterocycles. The largest absolute Gasteiger partial charge is 0.395 e. The molecule has 0 unspecified atom stereocenters. The molecule has 1 fully saturated rings. The Morgan fingerprint density at radius 2 is 1.67 bits per heavy atom. The second-order valence-electron chi connectivity index (χ2n) is 12.5. The fraction of sp³-hybridized carbons (Fsp3) is 0.429. The number of aryl methyl sites for hydroxylation is 2. The Bertz CT molecular complexity index is 1390. The predicted molar refractivity (Wildman–Crippen MR) is 170 cm³/mol. The number of fused-ring (bicyclic) bond motifs is 1. The van der Waals surface area contributed by atoms with E-state index in [4.69, 9.17) is 4.74 Å². The Morgan fingerprint density at radius 3 is 2.37 bits per heavy atom. The minimum Gasteiger partial charge on any atom is -0.395 e. The van der Waals surface area contributed by atoms with Crippen LogP contribution in [0.2, 0.25) is 18.6 Å². The minimum absolute atomic E-state index is 0.00775. The summed E-state index contributed by atoms with van der Waals surface area (Å²) in [5, 5.41) is 9.62. The molecule has 1 N–H and O–H groups in total. The average Bonchev–Trinajstić information content (AvgIpc) is 3.31. The molecule has 1 saturated heterocycles. The predicted octanol–water partition coefficient (Wildman–Crippen LogP) is 6.59. The molecule has 8 heteroatoms. The van der Waals surface area contributed by atoms with Gasteiger partial charge in [0, 0.05) is 30.7 Å². The maximum absolute atomic E-state index is 15.7. The van der Waals surface area contributed by atoms with Gasteiger partial charge in [-0.1, -0.05) is 67.6 Å². The molecule has 2 heterocycles. The molecule has 0 radical (unpaired) electrons. The van der Waals surface area contributed by atoms with Crippen LogP contribution >= 0.6 is 0 Å². The van der Waals surface area contributed by atoms with Gasteiger partial charge in [-0.05, 0) is 73.2 Å². The molecule has 2 aliphatic rings. The Kier molecular flexibility index (Phi) is 9.79. The van der Waals surface area contributed by atoms with E-state index < -0.39 is 14.5 Å². The standard InChI is InChI=1S/C35H43FN2O4Si/c1-25-31(19-15-26-13-17-29(18-14-26)38-30-12-8-7-11-28(30)16-20-33(38)40)42-32(35(25)43(2,3)36)23-34(41)37(21-22-39)24-27-9-5-4-6-10-27/h4-14,17-18,25,31-32,35,39H,15-16,19-24H2,1-3H3/t25-,31+,32-,35+/m1/s1. The van der Waals surface area contributed by atoms with Crippen molar-refractivity contribution in [2.24, 2.45) is 5.92 Å². The number of aliphatic hydroxyl groups excluding tert-OH is 1. The first-order chi connectivity index (χ1) is 20.7. The van der Waals surface area contributed by atoms with Crippen molar-refractivity contribution in [3.63, 3.8) is 0 Å². The van der Waals surface area contributed by atoms with Gasteiger partial charge in [0.2, 0.25) is 20.2 Å². The van der Waals surface area contributed by atoms with E-state index in [1.54, 1.807) is 18.0 Å². The van der Waals surface area contributed by atoms with Crippen LogP contribution in [0.1, 0.15) is 42.9 Å². The highest BCUT2D eigenvalue weighted by atomic mass is 28.4. The summed E-state index contributed by atoms with van der Waals surface area (Å²) in [7, 11) is -3.14. The number of hydrogen-bond donors (Lipinski definition) is 1. The van der Waals surface area contributed by atoms with Crippen LogP contribution in [0.4, 0.5) is 15.5 Å². The van der Waals surface area contributed by atoms with Crippen LogP contribution in [0.5, 0.6) is 0 Å². The van der Waals surface area contributed by atoms with Gasteiger partial charge in [-0.15, -0.1) is 0 Å². The number of hydrogen-bond acceptors (Lipinski definition) is 4. The smallest absolute Gasteiger partial charge is 0.246 e. The lowest BCUT2D eigenvalue weighted by Gasteiger charge is -2.30. The molecule has 6 nitrogen and oxygen atoms in total. The zero-order valence-electron chi connectivity index (χ0n) is 25.4. The first-order valence-corrected chi connectivity index (χ1v) is 18.4. The van der Waals surface area contributed by atoms with E-state index in [-0.39, 0.29) is 48.9 Å². The third kappa shape index (κ3) is 7.25. The Hall–Kier alpha value is -3.33. The number of halogens is 1. The monoisotopic (exact) mass is 602 g/mol. The number of para-hydroxylation sites is 1. The number of ether oxygens (including phenoxy) is 1. The Morgan fingerprint density at radius 1 is 0.977 bits per heavy atom. The van der Waals surface area contributed by atoms with Gasteiger partial charge in [0.25, 0.3) is 0 Å². The van der Waals surface area contributed by atoms with E-state index in [1.807, 2.05) is 65.6 Å². The average molecular weight is 603 g/mol. The normalized spacial score (nSPS) is 22.0. The highest BCUT2D eigenvalue weighted by Crippen LogP contribution is 2.47. The maximum Gasteiger partial charge on any atom is 0.246 e. The Balaban J connectivity index is 1.24. The molecular weight excluding hydrogens is 559 g/mol. The van der Waals surface area contributed by atoms with Gasteiger partial charge >= 0.3 is 0 Å². The fourth-order valence-corrected chi connectivity index (χ4v) is 9.47. The number of amides is 2. The van der Waals surface area contributed by atoms with Crippen molar-refractivity contribution in [2.75, 3.05) is 18.1 Å². The van der Waals surface area contributed by atoms with E-state index in [9.17, 15) is 14.7 Å². The third-order valence-corrected chi connectivity index (χ3v) is 11.5. The number of rotatable bonds is 11. The summed E-state index contributed by atoms with van der Waals surface area (Å²) in [5.74, 6) is -0.0272. The number of nitrogens with zero attached hydrogens (tertiary/aromatic N) is 2. The van der Waals surface area contributed by atoms with Gasteiger partial charge in [0.15, 0.2) is 0 Å². The van der Waals surface area contributed by atoms with Crippen LogP contribution in [0.3, 0.4) is 0 Å². The molecule has 4 atom stereocenters. The van der Waals surface area contributed by atoms with Gasteiger partial charge in [-0.2, -0.15) is 0 Å². The first kappa shape index (κ1) is 31.1. The van der Waals surface area contributed by atoms with Crippen LogP contribution in [0, 0.1) is 5.92 Å². The van der Waals surface area contributed by atoms with E-state index in [0.717, 1.165) is 41.8 Å². The summed E-state index contributed by atoms with van der Waals surface area (Å²) in [6.07, 6.45) is 2.22. The van der Waals surface area contributed by atoms with E-state index in [2.05, 4.69) is 25.1 Å². The van der Waals surface area contributed by atoms with Crippen LogP contribution in [-0.4, -0.2) is 55.6 Å². The molecule has 0 bridgehead atoms. The molecule has 228 valence electrons. The molecule has 0 saturated carbocycles. The Labute approximate surface area is 255 Å². The highest BCUT2D eigenvalue weighted by molar-refractivity contribution is 6.72. The summed E-state index contributed by atoms with van der Waals surface area (Å²) >= 11 is 0. The second-order valence-corrected chi connectivity index (χ2v) is 16.2. The number of carbonyl (C=O) groups excluding carboxylic acids is 2. The molecule has 0 spiro atoms. The topological polar surface area (TPSA) is 70.1 Å². The summed E-state index contributed by atoms with van der Waals surface area (Å²) in [6.45, 7) is 5.99. The lowest BCUT2D eigenvalue weighted by molar-refractivity contribution is -0.135. The van der Waals surface area contributed by atoms with E-state index in [0.29, 0.717) is 13.0 Å². The molecule has 2 aliphatic heterocycles. The van der Waals surface area contributed by atoms with Crippen molar-refractivity contribution in [3.05, 3.63) is 95.6 Å². The zero-order valence-corrected chi connectivity index (χ0v) is 26.4. The summed E-state index contributed by atoms with van der Waals surface area (Å²) < 4.78 is 22.2. The van der Waals surface area contributed by atoms with Crippen molar-refractivity contribution < 1.29 is 23.5 Å².